The highest BCUT2D eigenvalue weighted by atomic mass is 16.5. The molecule has 1 aromatic carbocycles. The molecule has 1 saturated heterocycles. The Morgan fingerprint density at radius 1 is 1.29 bits per heavy atom. The topological polar surface area (TPSA) is 47.6 Å². The van der Waals surface area contributed by atoms with Crippen LogP contribution in [0.1, 0.15) is 58.1 Å². The van der Waals surface area contributed by atoms with Crippen LogP contribution in [0, 0.1) is 11.8 Å². The number of nitrogens with one attached hydrogen (secondary N) is 1. The molecular formula is C20H29NO3. The molecule has 24 heavy (non-hydrogen) atoms. The normalized spacial score (nSPS) is 35.8. The Labute approximate surface area is 144 Å². The summed E-state index contributed by atoms with van der Waals surface area (Å²) in [6.45, 7) is 6.11. The van der Waals surface area contributed by atoms with Crippen LogP contribution in [0.15, 0.2) is 24.3 Å². The molecule has 0 radical (unpaired) electrons. The first-order chi connectivity index (χ1) is 11.4. The molecule has 5 atom stereocenters. The third-order valence-electron chi connectivity index (χ3n) is 5.77. The van der Waals surface area contributed by atoms with Crippen molar-refractivity contribution in [3.63, 3.8) is 0 Å². The molecule has 1 N–H and O–H groups in total. The van der Waals surface area contributed by atoms with Crippen molar-refractivity contribution in [3.8, 4) is 5.75 Å². The number of rotatable bonds is 3. The number of amides is 1. The highest BCUT2D eigenvalue weighted by Gasteiger charge is 2.49. The van der Waals surface area contributed by atoms with E-state index < -0.39 is 0 Å². The largest absolute Gasteiger partial charge is 0.497 e. The minimum atomic E-state index is -0.209. The molecule has 1 heterocycles. The Morgan fingerprint density at radius 2 is 2.00 bits per heavy atom. The van der Waals surface area contributed by atoms with Gasteiger partial charge in [0.05, 0.1) is 19.3 Å². The van der Waals surface area contributed by atoms with E-state index in [1.165, 1.54) is 6.42 Å². The van der Waals surface area contributed by atoms with Crippen LogP contribution in [0.4, 0.5) is 0 Å². The van der Waals surface area contributed by atoms with Crippen LogP contribution in [0.25, 0.3) is 0 Å². The van der Waals surface area contributed by atoms with Crippen LogP contribution < -0.4 is 10.1 Å². The molecule has 1 aromatic rings. The Kier molecular flexibility index (Phi) is 4.86. The number of hydrogen-bond donors (Lipinski definition) is 1. The molecule has 0 bridgehead atoms. The van der Waals surface area contributed by atoms with Gasteiger partial charge in [-0.05, 0) is 43.4 Å². The third-order valence-corrected chi connectivity index (χ3v) is 5.77. The van der Waals surface area contributed by atoms with Gasteiger partial charge in [0.2, 0.25) is 5.91 Å². The second-order valence-corrected chi connectivity index (χ2v) is 7.76. The van der Waals surface area contributed by atoms with Gasteiger partial charge in [-0.15, -0.1) is 0 Å². The Morgan fingerprint density at radius 3 is 2.62 bits per heavy atom. The fraction of sp³-hybridized carbons (Fsp3) is 0.650. The number of hydrogen-bond acceptors (Lipinski definition) is 3. The van der Waals surface area contributed by atoms with Crippen LogP contribution in [-0.2, 0) is 9.53 Å². The van der Waals surface area contributed by atoms with Crippen LogP contribution in [0.5, 0.6) is 5.75 Å². The van der Waals surface area contributed by atoms with Crippen LogP contribution in [0.3, 0.4) is 0 Å². The van der Waals surface area contributed by atoms with Crippen molar-refractivity contribution in [2.24, 2.45) is 11.8 Å². The van der Waals surface area contributed by atoms with Crippen molar-refractivity contribution in [2.45, 2.75) is 64.2 Å². The third kappa shape index (κ3) is 3.44. The summed E-state index contributed by atoms with van der Waals surface area (Å²) >= 11 is 0. The lowest BCUT2D eigenvalue weighted by Crippen LogP contribution is -2.60. The lowest BCUT2D eigenvalue weighted by Gasteiger charge is -2.52. The van der Waals surface area contributed by atoms with Gasteiger partial charge in [-0.1, -0.05) is 25.5 Å². The van der Waals surface area contributed by atoms with E-state index in [0.717, 1.165) is 30.6 Å². The molecule has 1 aliphatic heterocycles. The number of benzene rings is 1. The summed E-state index contributed by atoms with van der Waals surface area (Å²) in [6.07, 6.45) is 4.46. The number of carbonyl (C=O) groups is 1. The van der Waals surface area contributed by atoms with Crippen molar-refractivity contribution in [2.75, 3.05) is 7.11 Å². The molecule has 1 aliphatic carbocycles. The number of methoxy groups -OCH3 is 1. The van der Waals surface area contributed by atoms with Crippen molar-refractivity contribution in [3.05, 3.63) is 29.8 Å². The van der Waals surface area contributed by atoms with Gasteiger partial charge in [-0.2, -0.15) is 0 Å². The van der Waals surface area contributed by atoms with Gasteiger partial charge in [0.15, 0.2) is 0 Å². The molecule has 1 amide bonds. The number of carbonyl (C=O) groups excluding carboxylic acids is 1. The highest BCUT2D eigenvalue weighted by Crippen LogP contribution is 2.47. The molecule has 4 heteroatoms. The van der Waals surface area contributed by atoms with Crippen molar-refractivity contribution >= 4 is 5.91 Å². The molecule has 1 saturated carbocycles. The van der Waals surface area contributed by atoms with E-state index in [1.54, 1.807) is 14.0 Å². The molecule has 4 nitrogen and oxygen atoms in total. The molecule has 0 aromatic heterocycles. The standard InChI is InChI=1S/C20H29NO3/c1-13-5-10-17-18(11-13)24-19(12-20(17,3)21-14(2)22)15-6-8-16(23-4)9-7-15/h6-9,13,17-19H,5,10-12H2,1-4H3,(H,21,22)/t13-,17-,18-,19-,20?/m1/s1. The van der Waals surface area contributed by atoms with Gasteiger partial charge in [0.25, 0.3) is 0 Å². The zero-order chi connectivity index (χ0) is 17.3. The first kappa shape index (κ1) is 17.3. The fourth-order valence-electron chi connectivity index (χ4n) is 4.56. The molecule has 132 valence electrons. The summed E-state index contributed by atoms with van der Waals surface area (Å²) < 4.78 is 11.8. The molecule has 1 unspecified atom stereocenters. The maximum absolute atomic E-state index is 11.8. The van der Waals surface area contributed by atoms with E-state index in [1.807, 2.05) is 12.1 Å². The Hall–Kier alpha value is -1.55. The molecular weight excluding hydrogens is 302 g/mol. The van der Waals surface area contributed by atoms with Crippen molar-refractivity contribution < 1.29 is 14.3 Å². The van der Waals surface area contributed by atoms with Crippen molar-refractivity contribution in [1.82, 2.24) is 5.32 Å². The van der Waals surface area contributed by atoms with E-state index in [4.69, 9.17) is 9.47 Å². The zero-order valence-electron chi connectivity index (χ0n) is 15.2. The highest BCUT2D eigenvalue weighted by molar-refractivity contribution is 5.73. The second kappa shape index (κ2) is 6.75. The molecule has 2 aliphatic rings. The van der Waals surface area contributed by atoms with E-state index in [9.17, 15) is 4.79 Å². The molecule has 3 rings (SSSR count). The monoisotopic (exact) mass is 331 g/mol. The summed E-state index contributed by atoms with van der Waals surface area (Å²) in [5.74, 6) is 1.98. The quantitative estimate of drug-likeness (QED) is 0.915. The summed E-state index contributed by atoms with van der Waals surface area (Å²) in [5.41, 5.74) is 0.948. The Bertz CT molecular complexity index is 585. The van der Waals surface area contributed by atoms with Gasteiger partial charge in [0.1, 0.15) is 5.75 Å². The second-order valence-electron chi connectivity index (χ2n) is 7.76. The lowest BCUT2D eigenvalue weighted by atomic mass is 9.66. The first-order valence-electron chi connectivity index (χ1n) is 8.99. The van der Waals surface area contributed by atoms with Crippen molar-refractivity contribution in [1.29, 1.82) is 0 Å². The van der Waals surface area contributed by atoms with Gasteiger partial charge in [-0.3, -0.25) is 4.79 Å². The summed E-state index contributed by atoms with van der Waals surface area (Å²) in [4.78, 5) is 11.8. The predicted molar refractivity (Wildman–Crippen MR) is 94.0 cm³/mol. The van der Waals surface area contributed by atoms with Crippen LogP contribution >= 0.6 is 0 Å². The maximum Gasteiger partial charge on any atom is 0.217 e. The summed E-state index contributed by atoms with van der Waals surface area (Å²) in [5, 5.41) is 3.25. The first-order valence-corrected chi connectivity index (χ1v) is 8.99. The minimum absolute atomic E-state index is 0.0132. The van der Waals surface area contributed by atoms with E-state index >= 15 is 0 Å². The van der Waals surface area contributed by atoms with Crippen LogP contribution in [0.2, 0.25) is 0 Å². The van der Waals surface area contributed by atoms with Crippen LogP contribution in [-0.4, -0.2) is 24.7 Å². The maximum atomic E-state index is 11.8. The Balaban J connectivity index is 1.87. The summed E-state index contributed by atoms with van der Waals surface area (Å²) in [7, 11) is 1.67. The smallest absolute Gasteiger partial charge is 0.217 e. The summed E-state index contributed by atoms with van der Waals surface area (Å²) in [6, 6.07) is 8.10. The fourth-order valence-corrected chi connectivity index (χ4v) is 4.56. The lowest BCUT2D eigenvalue weighted by molar-refractivity contribution is -0.153. The van der Waals surface area contributed by atoms with E-state index in [2.05, 4.69) is 31.3 Å². The zero-order valence-corrected chi connectivity index (χ0v) is 15.2. The molecule has 2 fully saturated rings. The van der Waals surface area contributed by atoms with Gasteiger partial charge in [-0.25, -0.2) is 0 Å². The average Bonchev–Trinajstić information content (AvgIpc) is 2.53. The van der Waals surface area contributed by atoms with E-state index in [0.29, 0.717) is 11.8 Å². The predicted octanol–water partition coefficient (Wildman–Crippen LogP) is 3.86. The van der Waals surface area contributed by atoms with Gasteiger partial charge >= 0.3 is 0 Å². The SMILES string of the molecule is COc1ccc([C@H]2CC(C)(NC(C)=O)[C@@H]3CC[C@@H](C)C[C@H]3O2)cc1. The number of ether oxygens (including phenoxy) is 2. The number of fused-ring (bicyclic) bond motifs is 1. The molecule has 0 spiro atoms. The van der Waals surface area contributed by atoms with Gasteiger partial charge in [0, 0.05) is 24.8 Å². The average molecular weight is 331 g/mol. The van der Waals surface area contributed by atoms with Gasteiger partial charge < -0.3 is 14.8 Å². The van der Waals surface area contributed by atoms with E-state index in [-0.39, 0.29) is 23.7 Å². The minimum Gasteiger partial charge on any atom is -0.497 e.